The Kier molecular flexibility index (Phi) is 5.53. The summed E-state index contributed by atoms with van der Waals surface area (Å²) in [5, 5.41) is -0.217. The highest BCUT2D eigenvalue weighted by Crippen LogP contribution is 2.29. The van der Waals surface area contributed by atoms with Crippen molar-refractivity contribution in [3.63, 3.8) is 0 Å². The predicted molar refractivity (Wildman–Crippen MR) is 87.1 cm³/mol. The van der Waals surface area contributed by atoms with Gasteiger partial charge in [-0.05, 0) is 37.2 Å². The number of carbonyl (C=O) groups excluding carboxylic acids is 1. The van der Waals surface area contributed by atoms with Crippen molar-refractivity contribution in [3.05, 3.63) is 35.9 Å². The average Bonchev–Trinajstić information content (AvgIpc) is 3.24. The summed E-state index contributed by atoms with van der Waals surface area (Å²) >= 11 is 4.55. The van der Waals surface area contributed by atoms with E-state index in [1.807, 2.05) is 18.2 Å². The fourth-order valence-electron chi connectivity index (χ4n) is 2.37. The highest BCUT2D eigenvalue weighted by atomic mass is 32.1. The third-order valence-corrected chi connectivity index (χ3v) is 4.18. The molecule has 1 atom stereocenters. The van der Waals surface area contributed by atoms with E-state index in [0.29, 0.717) is 18.4 Å². The molecule has 1 fully saturated rings. The molecule has 20 heavy (non-hydrogen) atoms. The number of hydrogen-bond acceptors (Lipinski definition) is 2. The summed E-state index contributed by atoms with van der Waals surface area (Å²) in [6.07, 6.45) is 4.12. The maximum Gasteiger partial charge on any atom is 0.236 e. The molecule has 1 aromatic rings. The van der Waals surface area contributed by atoms with Crippen molar-refractivity contribution in [3.8, 4) is 0 Å². The molecule has 1 unspecified atom stereocenters. The zero-order valence-corrected chi connectivity index (χ0v) is 13.4. The molecule has 1 aliphatic rings. The maximum atomic E-state index is 12.6. The normalized spacial score (nSPS) is 16.2. The van der Waals surface area contributed by atoms with Crippen LogP contribution in [-0.2, 0) is 11.2 Å². The predicted octanol–water partition coefficient (Wildman–Crippen LogP) is 3.56. The fraction of sp³-hybridized carbons (Fsp3) is 0.588. The molecule has 0 N–H and O–H groups in total. The number of thiol groups is 1. The highest BCUT2D eigenvalue weighted by molar-refractivity contribution is 7.81. The third kappa shape index (κ3) is 4.55. The quantitative estimate of drug-likeness (QED) is 0.762. The number of rotatable bonds is 7. The van der Waals surface area contributed by atoms with Crippen molar-refractivity contribution in [1.29, 1.82) is 0 Å². The van der Waals surface area contributed by atoms with E-state index in [4.69, 9.17) is 0 Å². The highest BCUT2D eigenvalue weighted by Gasteiger charge is 2.34. The van der Waals surface area contributed by atoms with Gasteiger partial charge in [0, 0.05) is 12.6 Å². The largest absolute Gasteiger partial charge is 0.339 e. The molecule has 0 bridgehead atoms. The number of hydrogen-bond donors (Lipinski definition) is 1. The van der Waals surface area contributed by atoms with Crippen LogP contribution >= 0.6 is 12.6 Å². The van der Waals surface area contributed by atoms with Crippen LogP contribution in [0.3, 0.4) is 0 Å². The molecule has 110 valence electrons. The van der Waals surface area contributed by atoms with Crippen LogP contribution in [0, 0.1) is 5.92 Å². The standard InChI is InChI=1S/C17H25NOS/c1-13(2)10-11-18(15-8-9-15)17(19)16(20)12-14-6-4-3-5-7-14/h3-7,13,15-16,20H,8-12H2,1-2H3. The van der Waals surface area contributed by atoms with Gasteiger partial charge >= 0.3 is 0 Å². The number of nitrogens with zero attached hydrogens (tertiary/aromatic N) is 1. The molecule has 2 nitrogen and oxygen atoms in total. The molecule has 0 radical (unpaired) electrons. The lowest BCUT2D eigenvalue weighted by Crippen LogP contribution is -2.40. The van der Waals surface area contributed by atoms with Gasteiger partial charge in [0.15, 0.2) is 0 Å². The molecular weight excluding hydrogens is 266 g/mol. The van der Waals surface area contributed by atoms with Gasteiger partial charge in [-0.25, -0.2) is 0 Å². The Morgan fingerprint density at radius 1 is 1.30 bits per heavy atom. The van der Waals surface area contributed by atoms with E-state index >= 15 is 0 Å². The molecule has 1 aromatic carbocycles. The lowest BCUT2D eigenvalue weighted by Gasteiger charge is -2.26. The van der Waals surface area contributed by atoms with Crippen LogP contribution < -0.4 is 0 Å². The fourth-order valence-corrected chi connectivity index (χ4v) is 2.73. The zero-order valence-electron chi connectivity index (χ0n) is 12.5. The topological polar surface area (TPSA) is 20.3 Å². The van der Waals surface area contributed by atoms with Crippen molar-refractivity contribution in [1.82, 2.24) is 4.90 Å². The summed E-state index contributed by atoms with van der Waals surface area (Å²) in [4.78, 5) is 14.7. The van der Waals surface area contributed by atoms with Crippen LogP contribution in [0.1, 0.15) is 38.7 Å². The Bertz CT molecular complexity index is 428. The van der Waals surface area contributed by atoms with E-state index in [9.17, 15) is 4.79 Å². The molecule has 0 aliphatic heterocycles. The molecule has 0 saturated heterocycles. The second kappa shape index (κ2) is 7.16. The van der Waals surface area contributed by atoms with Gasteiger partial charge < -0.3 is 4.90 Å². The number of benzene rings is 1. The first-order chi connectivity index (χ1) is 9.58. The van der Waals surface area contributed by atoms with Gasteiger partial charge in [0.25, 0.3) is 0 Å². The van der Waals surface area contributed by atoms with E-state index in [1.165, 1.54) is 5.56 Å². The smallest absolute Gasteiger partial charge is 0.236 e. The van der Waals surface area contributed by atoms with Crippen molar-refractivity contribution in [2.75, 3.05) is 6.54 Å². The second-order valence-electron chi connectivity index (χ2n) is 6.15. The Hall–Kier alpha value is -0.960. The molecule has 1 amide bonds. The Balaban J connectivity index is 1.92. The zero-order chi connectivity index (χ0) is 14.5. The number of amides is 1. The van der Waals surface area contributed by atoms with Crippen molar-refractivity contribution < 1.29 is 4.79 Å². The van der Waals surface area contributed by atoms with Gasteiger partial charge in [0.05, 0.1) is 5.25 Å². The van der Waals surface area contributed by atoms with Crippen molar-refractivity contribution in [2.24, 2.45) is 5.92 Å². The minimum atomic E-state index is -0.217. The van der Waals surface area contributed by atoms with Crippen molar-refractivity contribution in [2.45, 2.75) is 50.8 Å². The molecule has 0 aromatic heterocycles. The minimum Gasteiger partial charge on any atom is -0.339 e. The summed E-state index contributed by atoms with van der Waals surface area (Å²) in [7, 11) is 0. The van der Waals surface area contributed by atoms with Crippen LogP contribution in [0.4, 0.5) is 0 Å². The summed E-state index contributed by atoms with van der Waals surface area (Å²) in [5.74, 6) is 0.844. The summed E-state index contributed by atoms with van der Waals surface area (Å²) in [6.45, 7) is 5.29. The van der Waals surface area contributed by atoms with Crippen LogP contribution in [0.25, 0.3) is 0 Å². The first-order valence-electron chi connectivity index (χ1n) is 7.60. The van der Waals surface area contributed by atoms with Crippen LogP contribution in [0.15, 0.2) is 30.3 Å². The van der Waals surface area contributed by atoms with E-state index in [0.717, 1.165) is 25.8 Å². The number of carbonyl (C=O) groups is 1. The monoisotopic (exact) mass is 291 g/mol. The Morgan fingerprint density at radius 3 is 2.50 bits per heavy atom. The van der Waals surface area contributed by atoms with Gasteiger partial charge in [0.1, 0.15) is 0 Å². The molecule has 0 spiro atoms. The lowest BCUT2D eigenvalue weighted by atomic mass is 10.1. The first kappa shape index (κ1) is 15.4. The molecule has 1 aliphatic carbocycles. The molecule has 3 heteroatoms. The lowest BCUT2D eigenvalue weighted by molar-refractivity contribution is -0.131. The van der Waals surface area contributed by atoms with Crippen LogP contribution in [0.2, 0.25) is 0 Å². The Labute approximate surface area is 128 Å². The average molecular weight is 291 g/mol. The van der Waals surface area contributed by atoms with E-state index in [1.54, 1.807) is 0 Å². The van der Waals surface area contributed by atoms with Gasteiger partial charge in [-0.1, -0.05) is 44.2 Å². The Morgan fingerprint density at radius 2 is 1.95 bits per heavy atom. The summed E-state index contributed by atoms with van der Waals surface area (Å²) < 4.78 is 0. The minimum absolute atomic E-state index is 0.209. The van der Waals surface area contributed by atoms with Gasteiger partial charge in [-0.2, -0.15) is 12.6 Å². The van der Waals surface area contributed by atoms with Crippen LogP contribution in [-0.4, -0.2) is 28.6 Å². The van der Waals surface area contributed by atoms with E-state index in [2.05, 4.69) is 43.5 Å². The third-order valence-electron chi connectivity index (χ3n) is 3.78. The second-order valence-corrected chi connectivity index (χ2v) is 6.77. The van der Waals surface area contributed by atoms with Crippen LogP contribution in [0.5, 0.6) is 0 Å². The van der Waals surface area contributed by atoms with Gasteiger partial charge in [-0.15, -0.1) is 0 Å². The van der Waals surface area contributed by atoms with Gasteiger partial charge in [-0.3, -0.25) is 4.79 Å². The molecule has 0 heterocycles. The van der Waals surface area contributed by atoms with Gasteiger partial charge in [0.2, 0.25) is 5.91 Å². The van der Waals surface area contributed by atoms with E-state index in [-0.39, 0.29) is 11.2 Å². The first-order valence-corrected chi connectivity index (χ1v) is 8.12. The van der Waals surface area contributed by atoms with Crippen molar-refractivity contribution >= 4 is 18.5 Å². The SMILES string of the molecule is CC(C)CCN(C(=O)C(S)Cc1ccccc1)C1CC1. The van der Waals surface area contributed by atoms with E-state index < -0.39 is 0 Å². The molecule has 2 rings (SSSR count). The molecular formula is C17H25NOS. The maximum absolute atomic E-state index is 12.6. The molecule has 1 saturated carbocycles. The summed E-state index contributed by atoms with van der Waals surface area (Å²) in [6, 6.07) is 10.6. The summed E-state index contributed by atoms with van der Waals surface area (Å²) in [5.41, 5.74) is 1.18.